The third-order valence-electron chi connectivity index (χ3n) is 4.73. The van der Waals surface area contributed by atoms with Gasteiger partial charge >= 0.3 is 67.9 Å². The molecule has 0 rings (SSSR count). The van der Waals surface area contributed by atoms with Crippen LogP contribution in [-0.2, 0) is 27.7 Å². The Labute approximate surface area is 227 Å². The van der Waals surface area contributed by atoms with E-state index in [1.807, 2.05) is 0 Å². The van der Waals surface area contributed by atoms with E-state index in [0.717, 1.165) is 0 Å². The summed E-state index contributed by atoms with van der Waals surface area (Å²) in [5, 5.41) is 0. The molecule has 28 heteroatoms. The van der Waals surface area contributed by atoms with E-state index in [1.54, 1.807) is 0 Å². The van der Waals surface area contributed by atoms with E-state index in [2.05, 4.69) is 13.3 Å². The van der Waals surface area contributed by atoms with Gasteiger partial charge in [0.25, 0.3) is 17.9 Å². The van der Waals surface area contributed by atoms with Crippen molar-refractivity contribution in [2.45, 2.75) is 79.9 Å². The number of alkyl halides is 21. The van der Waals surface area contributed by atoms with Crippen molar-refractivity contribution in [1.82, 2.24) is 0 Å². The molecule has 0 N–H and O–H groups in total. The highest BCUT2D eigenvalue weighted by Gasteiger charge is 3.00. The summed E-state index contributed by atoms with van der Waals surface area (Å²) in [6.45, 7) is -0.532. The average Bonchev–Trinajstić information content (AvgIpc) is 2.75. The van der Waals surface area contributed by atoms with Gasteiger partial charge in [0.15, 0.2) is 0 Å². The Hall–Kier alpha value is -2.84. The highest BCUT2D eigenvalue weighted by molar-refractivity contribution is 6.68. The van der Waals surface area contributed by atoms with Crippen molar-refractivity contribution < 1.29 is 120 Å². The minimum Gasteiger partial charge on any atom is -0.452 e. The summed E-state index contributed by atoms with van der Waals surface area (Å²) in [4.78, 5) is 33.3. The molecule has 0 amide bonds. The van der Waals surface area contributed by atoms with Crippen molar-refractivity contribution in [3.05, 3.63) is 0 Å². The van der Waals surface area contributed by atoms with Crippen molar-refractivity contribution in [3.8, 4) is 0 Å². The van der Waals surface area contributed by atoms with Crippen molar-refractivity contribution in [2.24, 2.45) is 0 Å². The lowest BCUT2D eigenvalue weighted by atomic mass is 9.87. The highest BCUT2D eigenvalue weighted by atomic mass is 28.4. The van der Waals surface area contributed by atoms with E-state index < -0.39 is 85.8 Å². The van der Waals surface area contributed by atoms with Crippen LogP contribution in [-0.4, -0.2) is 85.8 Å². The van der Waals surface area contributed by atoms with Crippen molar-refractivity contribution >= 4 is 26.7 Å². The topological polar surface area (TPSA) is 78.9 Å². The van der Waals surface area contributed by atoms with E-state index in [1.165, 1.54) is 0 Å². The maximum atomic E-state index is 14.8. The quantitative estimate of drug-likeness (QED) is 0.171. The molecule has 0 unspecified atom stereocenters. The third kappa shape index (κ3) is 5.46. The number of carbonyl (C=O) groups is 3. The minimum absolute atomic E-state index is 0.177. The largest absolute Gasteiger partial charge is 0.786 e. The summed E-state index contributed by atoms with van der Waals surface area (Å²) in [6.07, 6.45) is -8.12. The number of hydrogen-bond acceptors (Lipinski definition) is 6. The van der Waals surface area contributed by atoms with Gasteiger partial charge in [-0.15, -0.1) is 0 Å². The average molecular weight is 724 g/mol. The van der Waals surface area contributed by atoms with Crippen molar-refractivity contribution in [2.75, 3.05) is 0 Å². The first kappa shape index (κ1) is 41.2. The van der Waals surface area contributed by atoms with Crippen LogP contribution in [0.15, 0.2) is 0 Å². The number of hydrogen-bond donors (Lipinski definition) is 0. The lowest BCUT2D eigenvalue weighted by Crippen LogP contribution is -2.79. The highest BCUT2D eigenvalue weighted by Crippen LogP contribution is 2.66. The summed E-state index contributed by atoms with van der Waals surface area (Å²) in [7, 11) is -8.12. The standard InChI is InChI=1S/C16H9F21O6Si/c1-4(38)41-44(42-5(2)39,43-6(3)40)16(36,37)14(31,32)12(27,28)10(23,24)8(19,20)7(17,18)9(21,22)11(25,26)13(29,30)15(33,34)35/h1-3H3. The van der Waals surface area contributed by atoms with Crippen LogP contribution in [0.5, 0.6) is 0 Å². The first-order valence-corrected chi connectivity index (χ1v) is 11.5. The first-order chi connectivity index (χ1) is 18.7. The third-order valence-corrected chi connectivity index (χ3v) is 7.48. The van der Waals surface area contributed by atoms with Gasteiger partial charge in [-0.05, 0) is 0 Å². The first-order valence-electron chi connectivity index (χ1n) is 9.81. The lowest BCUT2D eigenvalue weighted by molar-refractivity contribution is -0.472. The Bertz CT molecular complexity index is 1090. The second-order valence-corrected chi connectivity index (χ2v) is 10.4. The van der Waals surface area contributed by atoms with Gasteiger partial charge in [0, 0.05) is 20.8 Å². The molecule has 6 nitrogen and oxygen atoms in total. The molecule has 0 atom stereocenters. The molecule has 44 heavy (non-hydrogen) atoms. The van der Waals surface area contributed by atoms with Gasteiger partial charge in [-0.2, -0.15) is 92.2 Å². The molecule has 0 radical (unpaired) electrons. The van der Waals surface area contributed by atoms with E-state index >= 15 is 0 Å². The molecular formula is C16H9F21O6Si. The predicted octanol–water partition coefficient (Wildman–Crippen LogP) is 6.43. The second-order valence-electron chi connectivity index (χ2n) is 8.00. The van der Waals surface area contributed by atoms with E-state index in [-0.39, 0.29) is 20.8 Å². The Kier molecular flexibility index (Phi) is 10.2. The number of carbonyl (C=O) groups excluding carboxylic acids is 3. The molecule has 0 spiro atoms. The van der Waals surface area contributed by atoms with E-state index in [0.29, 0.717) is 0 Å². The van der Waals surface area contributed by atoms with Crippen LogP contribution < -0.4 is 0 Å². The molecule has 0 heterocycles. The van der Waals surface area contributed by atoms with Crippen molar-refractivity contribution in [3.63, 3.8) is 0 Å². The van der Waals surface area contributed by atoms with Crippen LogP contribution >= 0.6 is 0 Å². The lowest BCUT2D eigenvalue weighted by Gasteiger charge is -2.45. The fourth-order valence-corrected chi connectivity index (χ4v) is 4.76. The maximum absolute atomic E-state index is 14.8. The van der Waals surface area contributed by atoms with Crippen LogP contribution in [0.4, 0.5) is 92.2 Å². The maximum Gasteiger partial charge on any atom is 0.786 e. The summed E-state index contributed by atoms with van der Waals surface area (Å²) >= 11 is 0. The molecule has 260 valence electrons. The van der Waals surface area contributed by atoms with Crippen LogP contribution in [0.2, 0.25) is 0 Å². The molecule has 0 fully saturated rings. The van der Waals surface area contributed by atoms with Crippen molar-refractivity contribution in [1.29, 1.82) is 0 Å². The fourth-order valence-electron chi connectivity index (χ4n) is 2.57. The van der Waals surface area contributed by atoms with Gasteiger partial charge in [0.05, 0.1) is 0 Å². The SMILES string of the molecule is CC(=O)O[Si](OC(C)=O)(OC(C)=O)C(F)(F)C(F)(F)C(F)(F)C(F)(F)C(F)(F)C(F)(F)C(F)(F)C(F)(F)C(F)(F)C(F)(F)F. The monoisotopic (exact) mass is 724 g/mol. The van der Waals surface area contributed by atoms with Gasteiger partial charge in [-0.1, -0.05) is 0 Å². The summed E-state index contributed by atoms with van der Waals surface area (Å²) < 4.78 is 295. The molecule has 0 saturated carbocycles. The molecule has 0 aromatic rings. The normalized spacial score (nSPS) is 15.5. The molecule has 0 aliphatic rings. The predicted molar refractivity (Wildman–Crippen MR) is 91.6 cm³/mol. The Balaban J connectivity index is 7.64. The van der Waals surface area contributed by atoms with E-state index in [4.69, 9.17) is 0 Å². The molecular weight excluding hydrogens is 715 g/mol. The van der Waals surface area contributed by atoms with Gasteiger partial charge in [0.2, 0.25) is 0 Å². The molecule has 0 aromatic heterocycles. The molecule has 0 bridgehead atoms. The summed E-state index contributed by atoms with van der Waals surface area (Å²) in [5.41, 5.74) is -7.81. The Morgan fingerprint density at radius 1 is 0.364 bits per heavy atom. The zero-order valence-electron chi connectivity index (χ0n) is 20.4. The van der Waals surface area contributed by atoms with Crippen LogP contribution in [0, 0.1) is 0 Å². The Morgan fingerprint density at radius 2 is 0.545 bits per heavy atom. The smallest absolute Gasteiger partial charge is 0.452 e. The molecule has 0 saturated heterocycles. The van der Waals surface area contributed by atoms with E-state index in [9.17, 15) is 107 Å². The van der Waals surface area contributed by atoms with Gasteiger partial charge in [-0.25, -0.2) is 0 Å². The van der Waals surface area contributed by atoms with Gasteiger partial charge in [-0.3, -0.25) is 14.4 Å². The molecule has 0 aliphatic heterocycles. The number of rotatable bonds is 12. The Morgan fingerprint density at radius 3 is 0.727 bits per heavy atom. The second kappa shape index (κ2) is 10.9. The zero-order valence-corrected chi connectivity index (χ0v) is 21.4. The van der Waals surface area contributed by atoms with Crippen LogP contribution in [0.25, 0.3) is 0 Å². The zero-order chi connectivity index (χ0) is 36.4. The summed E-state index contributed by atoms with van der Waals surface area (Å²) in [5.74, 6) is -80.5. The number of halogens is 21. The molecule has 0 aromatic carbocycles. The van der Waals surface area contributed by atoms with Crippen LogP contribution in [0.1, 0.15) is 20.8 Å². The summed E-state index contributed by atoms with van der Waals surface area (Å²) in [6, 6.07) is 0. The van der Waals surface area contributed by atoms with Crippen LogP contribution in [0.3, 0.4) is 0 Å². The van der Waals surface area contributed by atoms with Gasteiger partial charge < -0.3 is 13.3 Å². The minimum atomic E-state index is -9.44. The van der Waals surface area contributed by atoms with Gasteiger partial charge in [0.1, 0.15) is 0 Å². The fraction of sp³-hybridized carbons (Fsp3) is 0.812. The molecule has 0 aliphatic carbocycles.